The summed E-state index contributed by atoms with van der Waals surface area (Å²) in [5.41, 5.74) is -0.722. The molecule has 0 spiro atoms. The topological polar surface area (TPSA) is 68.8 Å². The summed E-state index contributed by atoms with van der Waals surface area (Å²) in [6, 6.07) is -0.808. The fourth-order valence-corrected chi connectivity index (χ4v) is 6.90. The second kappa shape index (κ2) is 15.0. The molecule has 1 unspecified atom stereocenters. The van der Waals surface area contributed by atoms with Crippen molar-refractivity contribution in [3.8, 4) is 0 Å². The van der Waals surface area contributed by atoms with Gasteiger partial charge in [-0.2, -0.15) is 68.8 Å². The summed E-state index contributed by atoms with van der Waals surface area (Å²) in [5, 5.41) is 4.85. The van der Waals surface area contributed by atoms with Gasteiger partial charge in [0.05, 0.1) is 0 Å². The van der Waals surface area contributed by atoms with Crippen LogP contribution in [0.3, 0.4) is 0 Å². The van der Waals surface area contributed by atoms with Crippen molar-refractivity contribution in [3.63, 3.8) is 0 Å². The summed E-state index contributed by atoms with van der Waals surface area (Å²) in [7, 11) is -3.39. The Kier molecular flexibility index (Phi) is 14.6. The van der Waals surface area contributed by atoms with E-state index in [0.29, 0.717) is 18.2 Å². The van der Waals surface area contributed by atoms with Gasteiger partial charge in [0.1, 0.15) is 5.67 Å². The highest BCUT2D eigenvalue weighted by molar-refractivity contribution is 7.99. The lowest BCUT2D eigenvalue weighted by Crippen LogP contribution is -2.70. The summed E-state index contributed by atoms with van der Waals surface area (Å²) in [6.45, 7) is 6.99. The van der Waals surface area contributed by atoms with Crippen LogP contribution in [-0.4, -0.2) is 94.2 Å². The van der Waals surface area contributed by atoms with Gasteiger partial charge in [0, 0.05) is 38.5 Å². The molecule has 1 atom stereocenters. The number of carbonyl (C=O) groups excluding carboxylic acids is 1. The molecule has 2 N–H and O–H groups in total. The molecule has 0 heterocycles. The van der Waals surface area contributed by atoms with E-state index in [2.05, 4.69) is 10.6 Å². The lowest BCUT2D eigenvalue weighted by molar-refractivity contribution is -0.439. The molecule has 41 heavy (non-hydrogen) atoms. The van der Waals surface area contributed by atoms with Crippen LogP contribution in [-0.2, 0) is 13.3 Å². The number of hydrogen-bond donors (Lipinski definition) is 2. The van der Waals surface area contributed by atoms with E-state index in [9.17, 15) is 61.9 Å². The predicted molar refractivity (Wildman–Crippen MR) is 124 cm³/mol. The highest BCUT2D eigenvalue weighted by Crippen LogP contribution is 2.60. The van der Waals surface area contributed by atoms with Gasteiger partial charge < -0.3 is 23.9 Å². The molecule has 0 rings (SSSR count). The fourth-order valence-electron chi connectivity index (χ4n) is 3.18. The smallest absolute Gasteiger partial charge is 0.373 e. The molecule has 0 bridgehead atoms. The normalized spacial score (nSPS) is 15.1. The highest BCUT2D eigenvalue weighted by atomic mass is 32.2. The molecule has 0 saturated carbocycles. The number of hydrogen-bond acceptors (Lipinski definition) is 5. The molecule has 0 radical (unpaired) electrons. The number of nitrogens with one attached hydrogen (secondary N) is 2. The van der Waals surface area contributed by atoms with Gasteiger partial charge in [0.2, 0.25) is 0 Å². The zero-order valence-electron chi connectivity index (χ0n) is 22.2. The van der Waals surface area contributed by atoms with Crippen LogP contribution in [0.1, 0.15) is 40.5 Å². The van der Waals surface area contributed by atoms with Gasteiger partial charge in [-0.3, -0.25) is 0 Å². The number of alkyl halides is 13. The first-order valence-corrected chi connectivity index (χ1v) is 14.9. The predicted octanol–water partition coefficient (Wildman–Crippen LogP) is 6.51. The van der Waals surface area contributed by atoms with Crippen molar-refractivity contribution in [3.05, 3.63) is 0 Å². The van der Waals surface area contributed by atoms with Crippen molar-refractivity contribution in [1.82, 2.24) is 10.6 Å². The van der Waals surface area contributed by atoms with Gasteiger partial charge in [-0.1, -0.05) is 6.92 Å². The van der Waals surface area contributed by atoms with Crippen molar-refractivity contribution in [1.29, 1.82) is 0 Å². The molecule has 0 aliphatic rings. The molecule has 21 heteroatoms. The molecule has 0 aliphatic carbocycles. The van der Waals surface area contributed by atoms with E-state index in [-0.39, 0.29) is 32.1 Å². The SMILES string of the molecule is CCO[Si](OCC)(OCC)C(CC)NC(=O)NCCSCCC(F)(F)C(F)(F)C(F)(F)C(F)(F)C(F)(F)C(F)(F)F. The Morgan fingerprint density at radius 2 is 1.15 bits per heavy atom. The molecule has 0 aromatic heterocycles. The Balaban J connectivity index is 5.16. The quantitative estimate of drug-likeness (QED) is 0.0932. The van der Waals surface area contributed by atoms with Crippen LogP contribution in [0.15, 0.2) is 0 Å². The molecule has 6 nitrogen and oxygen atoms in total. The minimum absolute atomic E-state index is 0.195. The van der Waals surface area contributed by atoms with Gasteiger partial charge in [-0.15, -0.1) is 0 Å². The van der Waals surface area contributed by atoms with Gasteiger partial charge in [-0.25, -0.2) is 4.79 Å². The third-order valence-corrected chi connectivity index (χ3v) is 9.73. The summed E-state index contributed by atoms with van der Waals surface area (Å²) in [5.74, 6) is -38.4. The molecule has 0 fully saturated rings. The zero-order valence-corrected chi connectivity index (χ0v) is 24.0. The van der Waals surface area contributed by atoms with Crippen LogP contribution in [0.4, 0.5) is 61.9 Å². The van der Waals surface area contributed by atoms with Crippen molar-refractivity contribution in [2.75, 3.05) is 37.9 Å². The number of halogens is 13. The van der Waals surface area contributed by atoms with Gasteiger partial charge in [0.15, 0.2) is 0 Å². The maximum absolute atomic E-state index is 13.8. The lowest BCUT2D eigenvalue weighted by atomic mass is 9.93. The first kappa shape index (κ1) is 39.8. The third-order valence-electron chi connectivity index (χ3n) is 5.27. The molecule has 0 aromatic carbocycles. The Bertz CT molecular complexity index is 805. The number of thioether (sulfide) groups is 1. The average molecular weight is 671 g/mol. The Hall–Kier alpha value is -1.19. The third kappa shape index (κ3) is 8.68. The van der Waals surface area contributed by atoms with Gasteiger partial charge >= 0.3 is 50.6 Å². The van der Waals surface area contributed by atoms with E-state index in [4.69, 9.17) is 13.3 Å². The minimum Gasteiger partial charge on any atom is -0.373 e. The Morgan fingerprint density at radius 1 is 0.707 bits per heavy atom. The molecule has 0 aliphatic heterocycles. The summed E-state index contributed by atoms with van der Waals surface area (Å²) in [4.78, 5) is 12.3. The number of urea groups is 1. The van der Waals surface area contributed by atoms with E-state index >= 15 is 0 Å². The van der Waals surface area contributed by atoms with Crippen LogP contribution in [0.25, 0.3) is 0 Å². The zero-order chi connectivity index (χ0) is 32.6. The first-order chi connectivity index (χ1) is 18.5. The maximum Gasteiger partial charge on any atom is 0.524 e. The molecule has 246 valence electrons. The van der Waals surface area contributed by atoms with E-state index < -0.39 is 68.5 Å². The monoisotopic (exact) mass is 670 g/mol. The molecule has 0 saturated heterocycles. The summed E-state index contributed by atoms with van der Waals surface area (Å²) >= 11 is 0.339. The van der Waals surface area contributed by atoms with Crippen molar-refractivity contribution in [2.24, 2.45) is 0 Å². The highest BCUT2D eigenvalue weighted by Gasteiger charge is 2.90. The maximum atomic E-state index is 13.8. The first-order valence-electron chi connectivity index (χ1n) is 12.0. The van der Waals surface area contributed by atoms with Crippen LogP contribution in [0.2, 0.25) is 0 Å². The van der Waals surface area contributed by atoms with Gasteiger partial charge in [-0.05, 0) is 32.9 Å². The van der Waals surface area contributed by atoms with Crippen LogP contribution in [0.5, 0.6) is 0 Å². The largest absolute Gasteiger partial charge is 0.524 e. The van der Waals surface area contributed by atoms with E-state index in [0.717, 1.165) is 0 Å². The van der Waals surface area contributed by atoms with Crippen LogP contribution in [0, 0.1) is 0 Å². The molecule has 0 aromatic rings. The minimum atomic E-state index is -7.92. The van der Waals surface area contributed by atoms with E-state index in [1.807, 2.05) is 0 Å². The fraction of sp³-hybridized carbons (Fsp3) is 0.950. The Morgan fingerprint density at radius 3 is 1.54 bits per heavy atom. The van der Waals surface area contributed by atoms with E-state index in [1.165, 1.54) is 0 Å². The van der Waals surface area contributed by atoms with Crippen LogP contribution < -0.4 is 10.6 Å². The molecular weight excluding hydrogens is 639 g/mol. The second-order valence-corrected chi connectivity index (χ2v) is 12.1. The van der Waals surface area contributed by atoms with Crippen LogP contribution >= 0.6 is 11.8 Å². The van der Waals surface area contributed by atoms with Crippen molar-refractivity contribution < 1.29 is 75.1 Å². The Labute approximate surface area is 232 Å². The standard InChI is InChI=1S/C20H31F13N2O4SSi/c1-5-13(41(37-6-2,38-7-3)39-8-4)35-14(36)34-10-12-40-11-9-15(21,22)16(23,24)17(25,26)18(27,28)19(29,30)20(31,32)33/h13H,5-12H2,1-4H3,(H2,34,35,36). The lowest BCUT2D eigenvalue weighted by Gasteiger charge is -2.39. The van der Waals surface area contributed by atoms with Crippen molar-refractivity contribution in [2.45, 2.75) is 82.0 Å². The summed E-state index contributed by atoms with van der Waals surface area (Å²) < 4.78 is 188. The summed E-state index contributed by atoms with van der Waals surface area (Å²) in [6.07, 6.45) is -9.45. The van der Waals surface area contributed by atoms with Gasteiger partial charge in [0.25, 0.3) is 0 Å². The number of amides is 2. The average Bonchev–Trinajstić information content (AvgIpc) is 2.83. The molecular formula is C20H31F13N2O4SSi. The molecule has 2 amide bonds. The number of rotatable bonds is 19. The second-order valence-electron chi connectivity index (χ2n) is 8.13. The van der Waals surface area contributed by atoms with Crippen molar-refractivity contribution >= 4 is 26.6 Å². The number of carbonyl (C=O) groups is 1. The van der Waals surface area contributed by atoms with E-state index in [1.54, 1.807) is 27.7 Å².